The van der Waals surface area contributed by atoms with Gasteiger partial charge in [0.15, 0.2) is 15.8 Å². The fraction of sp³-hybridized carbons (Fsp3) is 0.733. The SMILES string of the molecule is CCNC(=NCc1nc(C)c(C)s1)N1CCS(=O)(=O)C(C)(C)C1.I. The van der Waals surface area contributed by atoms with Crippen LogP contribution in [-0.4, -0.2) is 54.4 Å². The van der Waals surface area contributed by atoms with Gasteiger partial charge in [-0.05, 0) is 34.6 Å². The molecule has 0 bridgehead atoms. The Labute approximate surface area is 166 Å². The Balaban J connectivity index is 0.00000288. The highest BCUT2D eigenvalue weighted by molar-refractivity contribution is 14.0. The summed E-state index contributed by atoms with van der Waals surface area (Å²) in [6, 6.07) is 0. The number of hydrogen-bond donors (Lipinski definition) is 1. The third kappa shape index (κ3) is 4.81. The smallest absolute Gasteiger partial charge is 0.194 e. The maximum Gasteiger partial charge on any atom is 0.194 e. The molecule has 1 N–H and O–H groups in total. The lowest BCUT2D eigenvalue weighted by atomic mass is 10.2. The molecule has 2 rings (SSSR count). The van der Waals surface area contributed by atoms with Crippen molar-refractivity contribution in [3.05, 3.63) is 15.6 Å². The van der Waals surface area contributed by atoms with Gasteiger partial charge in [0, 0.05) is 24.5 Å². The van der Waals surface area contributed by atoms with E-state index in [0.29, 0.717) is 19.6 Å². The van der Waals surface area contributed by atoms with Gasteiger partial charge < -0.3 is 10.2 Å². The second kappa shape index (κ2) is 8.31. The van der Waals surface area contributed by atoms with Gasteiger partial charge in [-0.25, -0.2) is 18.4 Å². The zero-order chi connectivity index (χ0) is 17.3. The molecule has 0 unspecified atom stereocenters. The summed E-state index contributed by atoms with van der Waals surface area (Å²) >= 11 is 1.66. The molecule has 138 valence electrons. The molecule has 0 aromatic carbocycles. The Morgan fingerprint density at radius 2 is 2.08 bits per heavy atom. The molecule has 1 aliphatic heterocycles. The zero-order valence-electron chi connectivity index (χ0n) is 14.9. The Bertz CT molecular complexity index is 679. The average molecular weight is 486 g/mol. The van der Waals surface area contributed by atoms with Crippen molar-refractivity contribution in [2.45, 2.75) is 45.9 Å². The summed E-state index contributed by atoms with van der Waals surface area (Å²) in [6.07, 6.45) is 0. The largest absolute Gasteiger partial charge is 0.357 e. The minimum absolute atomic E-state index is 0. The topological polar surface area (TPSA) is 74.7 Å². The van der Waals surface area contributed by atoms with Crippen LogP contribution in [0.4, 0.5) is 0 Å². The Morgan fingerprint density at radius 1 is 1.42 bits per heavy atom. The van der Waals surface area contributed by atoms with Gasteiger partial charge in [-0.3, -0.25) is 0 Å². The van der Waals surface area contributed by atoms with Crippen LogP contribution in [0.25, 0.3) is 0 Å². The van der Waals surface area contributed by atoms with Crippen molar-refractivity contribution in [2.75, 3.05) is 25.4 Å². The first-order valence-corrected chi connectivity index (χ1v) is 10.3. The lowest BCUT2D eigenvalue weighted by molar-refractivity contribution is 0.353. The van der Waals surface area contributed by atoms with Crippen molar-refractivity contribution < 1.29 is 8.42 Å². The van der Waals surface area contributed by atoms with Crippen LogP contribution in [0.1, 0.15) is 36.3 Å². The van der Waals surface area contributed by atoms with E-state index in [1.807, 2.05) is 18.7 Å². The van der Waals surface area contributed by atoms with Gasteiger partial charge in [-0.15, -0.1) is 35.3 Å². The molecule has 6 nitrogen and oxygen atoms in total. The molecule has 0 radical (unpaired) electrons. The van der Waals surface area contributed by atoms with Gasteiger partial charge in [0.2, 0.25) is 0 Å². The molecule has 1 aromatic rings. The quantitative estimate of drug-likeness (QED) is 0.404. The third-order valence-corrected chi connectivity index (χ3v) is 7.71. The highest BCUT2D eigenvalue weighted by Gasteiger charge is 2.40. The van der Waals surface area contributed by atoms with Gasteiger partial charge in [0.05, 0.1) is 22.7 Å². The molecular weight excluding hydrogens is 459 g/mol. The molecular formula is C15H27IN4O2S2. The summed E-state index contributed by atoms with van der Waals surface area (Å²) in [4.78, 5) is 12.4. The van der Waals surface area contributed by atoms with Crippen molar-refractivity contribution >= 4 is 51.1 Å². The molecule has 1 fully saturated rings. The van der Waals surface area contributed by atoms with Crippen molar-refractivity contribution in [3.63, 3.8) is 0 Å². The lowest BCUT2D eigenvalue weighted by Gasteiger charge is -2.39. The van der Waals surface area contributed by atoms with Crippen molar-refractivity contribution in [3.8, 4) is 0 Å². The molecule has 24 heavy (non-hydrogen) atoms. The number of aliphatic imine (C=N–C) groups is 1. The number of sulfone groups is 1. The molecule has 1 aromatic heterocycles. The van der Waals surface area contributed by atoms with Crippen molar-refractivity contribution in [1.29, 1.82) is 0 Å². The van der Waals surface area contributed by atoms with Crippen LogP contribution in [0.5, 0.6) is 0 Å². The van der Waals surface area contributed by atoms with Crippen molar-refractivity contribution in [1.82, 2.24) is 15.2 Å². The second-order valence-corrected chi connectivity index (χ2v) is 10.5. The molecule has 1 saturated heterocycles. The summed E-state index contributed by atoms with van der Waals surface area (Å²) in [5, 5.41) is 4.25. The van der Waals surface area contributed by atoms with Gasteiger partial charge in [-0.2, -0.15) is 0 Å². The van der Waals surface area contributed by atoms with E-state index in [-0.39, 0.29) is 29.7 Å². The number of hydrogen-bond acceptors (Lipinski definition) is 5. The number of aryl methyl sites for hydroxylation is 2. The minimum Gasteiger partial charge on any atom is -0.357 e. The van der Waals surface area contributed by atoms with Gasteiger partial charge in [-0.1, -0.05) is 0 Å². The van der Waals surface area contributed by atoms with Crippen LogP contribution in [-0.2, 0) is 16.4 Å². The van der Waals surface area contributed by atoms with Crippen LogP contribution in [0.15, 0.2) is 4.99 Å². The van der Waals surface area contributed by atoms with E-state index in [0.717, 1.165) is 23.2 Å². The maximum absolute atomic E-state index is 12.2. The van der Waals surface area contributed by atoms with E-state index >= 15 is 0 Å². The molecule has 1 aliphatic rings. The number of halogens is 1. The fourth-order valence-corrected chi connectivity index (χ4v) is 4.72. The van der Waals surface area contributed by atoms with Crippen LogP contribution >= 0.6 is 35.3 Å². The number of rotatable bonds is 3. The molecule has 2 heterocycles. The Hall–Kier alpha value is -0.420. The van der Waals surface area contributed by atoms with Crippen LogP contribution in [0.2, 0.25) is 0 Å². The van der Waals surface area contributed by atoms with E-state index in [1.165, 1.54) is 4.88 Å². The monoisotopic (exact) mass is 486 g/mol. The molecule has 0 spiro atoms. The van der Waals surface area contributed by atoms with Crippen LogP contribution in [0.3, 0.4) is 0 Å². The number of guanidine groups is 1. The zero-order valence-corrected chi connectivity index (χ0v) is 18.9. The summed E-state index contributed by atoms with van der Waals surface area (Å²) in [5.41, 5.74) is 1.05. The summed E-state index contributed by atoms with van der Waals surface area (Å²) in [6.45, 7) is 11.8. The van der Waals surface area contributed by atoms with Crippen LogP contribution < -0.4 is 5.32 Å². The molecule has 0 atom stereocenters. The summed E-state index contributed by atoms with van der Waals surface area (Å²) in [7, 11) is -3.05. The van der Waals surface area contributed by atoms with E-state index < -0.39 is 14.6 Å². The molecule has 9 heteroatoms. The summed E-state index contributed by atoms with van der Waals surface area (Å²) in [5.74, 6) is 0.931. The van der Waals surface area contributed by atoms with E-state index in [4.69, 9.17) is 0 Å². The van der Waals surface area contributed by atoms with Crippen LogP contribution in [0, 0.1) is 13.8 Å². The van der Waals surface area contributed by atoms with Gasteiger partial charge in [0.25, 0.3) is 0 Å². The van der Waals surface area contributed by atoms with E-state index in [1.54, 1.807) is 25.2 Å². The van der Waals surface area contributed by atoms with Gasteiger partial charge in [0.1, 0.15) is 5.01 Å². The minimum atomic E-state index is -3.05. The van der Waals surface area contributed by atoms with E-state index in [2.05, 4.69) is 22.2 Å². The Kier molecular flexibility index (Phi) is 7.48. The lowest BCUT2D eigenvalue weighted by Crippen LogP contribution is -2.57. The van der Waals surface area contributed by atoms with Crippen molar-refractivity contribution in [2.24, 2.45) is 4.99 Å². The average Bonchev–Trinajstić information content (AvgIpc) is 2.77. The normalized spacial score (nSPS) is 19.7. The number of nitrogens with one attached hydrogen (secondary N) is 1. The number of nitrogens with zero attached hydrogens (tertiary/aromatic N) is 3. The number of aromatic nitrogens is 1. The third-order valence-electron chi connectivity index (χ3n) is 4.11. The van der Waals surface area contributed by atoms with Gasteiger partial charge >= 0.3 is 0 Å². The second-order valence-electron chi connectivity index (χ2n) is 6.42. The first-order chi connectivity index (χ1) is 10.7. The highest BCUT2D eigenvalue weighted by atomic mass is 127. The van der Waals surface area contributed by atoms with E-state index in [9.17, 15) is 8.42 Å². The highest BCUT2D eigenvalue weighted by Crippen LogP contribution is 2.24. The first kappa shape index (κ1) is 21.6. The number of thiazole rings is 1. The summed E-state index contributed by atoms with van der Waals surface area (Å²) < 4.78 is 23.6. The standard InChI is InChI=1S/C15H26N4O2S2.HI/c1-6-16-14(17-9-13-18-11(2)12(3)22-13)19-7-8-23(20,21)15(4,5)10-19;/h6-10H2,1-5H3,(H,16,17);1H. The predicted molar refractivity (Wildman–Crippen MR) is 111 cm³/mol. The predicted octanol–water partition coefficient (Wildman–Crippen LogP) is 2.35. The maximum atomic E-state index is 12.2. The Morgan fingerprint density at radius 3 is 2.58 bits per heavy atom. The molecule has 0 aliphatic carbocycles. The fourth-order valence-electron chi connectivity index (χ4n) is 2.50. The first-order valence-electron chi connectivity index (χ1n) is 7.85. The molecule has 0 amide bonds. The molecule has 0 saturated carbocycles.